The van der Waals surface area contributed by atoms with E-state index in [0.29, 0.717) is 6.10 Å². The summed E-state index contributed by atoms with van der Waals surface area (Å²) in [4.78, 5) is 0. The highest BCUT2D eigenvalue weighted by Crippen LogP contribution is 2.34. The van der Waals surface area contributed by atoms with Crippen LogP contribution < -0.4 is 10.6 Å². The second-order valence-corrected chi connectivity index (χ2v) is 8.81. The molecular formula is C30H37NO. The van der Waals surface area contributed by atoms with Crippen LogP contribution in [0.25, 0.3) is 28.6 Å². The van der Waals surface area contributed by atoms with Crippen molar-refractivity contribution in [1.82, 2.24) is 4.57 Å². The minimum Gasteiger partial charge on any atom is -0.368 e. The lowest BCUT2D eigenvalue weighted by Crippen LogP contribution is -2.35. The summed E-state index contributed by atoms with van der Waals surface area (Å²) < 4.78 is 8.57. The monoisotopic (exact) mass is 427 g/mol. The summed E-state index contributed by atoms with van der Waals surface area (Å²) in [6.45, 7) is 15.2. The molecule has 32 heavy (non-hydrogen) atoms. The van der Waals surface area contributed by atoms with Gasteiger partial charge in [-0.1, -0.05) is 61.2 Å². The van der Waals surface area contributed by atoms with Crippen molar-refractivity contribution in [2.45, 2.75) is 57.7 Å². The number of aromatic nitrogens is 1. The quantitative estimate of drug-likeness (QED) is 0.489. The zero-order chi connectivity index (χ0) is 23.1. The van der Waals surface area contributed by atoms with Gasteiger partial charge in [-0.3, -0.25) is 0 Å². The molecule has 1 atom stereocenters. The standard InChI is InChI=1S/C27H31NO.C3H6/c1-5-7-12-23-24-14-13-21(19-26(24)28(4)25(23)9-6-2)20-15-17-27(3,18-16-20)29-22-10-8-11-22;1-3-2/h5-6,9,12-17,19,22H,1-2,7-8,10-11,18H2,3-4H3;3H,1H2,2H3/b23-12-,25-9+;. The molecule has 0 amide bonds. The molecule has 1 fully saturated rings. The molecule has 2 aliphatic rings. The van der Waals surface area contributed by atoms with Crippen LogP contribution in [0, 0.1) is 0 Å². The zero-order valence-corrected chi connectivity index (χ0v) is 19.9. The SMILES string of the molecule is C=C/C=c1\c(=C/CC=C)c2ccc(C3=CCC(C)(OC4CCC4)C=C3)cc2n1C.C=CC. The first-order chi connectivity index (χ1) is 15.5. The molecule has 0 spiro atoms. The molecule has 2 aromatic rings. The average molecular weight is 428 g/mol. The van der Waals surface area contributed by atoms with Gasteiger partial charge in [0.15, 0.2) is 0 Å². The van der Waals surface area contributed by atoms with Crippen molar-refractivity contribution in [3.05, 3.63) is 90.5 Å². The molecule has 0 N–H and O–H groups in total. The van der Waals surface area contributed by atoms with Gasteiger partial charge in [0.25, 0.3) is 0 Å². The highest BCUT2D eigenvalue weighted by Gasteiger charge is 2.30. The van der Waals surface area contributed by atoms with E-state index in [-0.39, 0.29) is 5.60 Å². The largest absolute Gasteiger partial charge is 0.368 e. The minimum atomic E-state index is -0.164. The fourth-order valence-electron chi connectivity index (χ4n) is 4.28. The maximum atomic E-state index is 6.31. The number of rotatable bonds is 6. The molecule has 2 heteroatoms. The summed E-state index contributed by atoms with van der Waals surface area (Å²) >= 11 is 0. The van der Waals surface area contributed by atoms with Gasteiger partial charge >= 0.3 is 0 Å². The van der Waals surface area contributed by atoms with E-state index in [1.54, 1.807) is 6.08 Å². The first kappa shape index (κ1) is 23.8. The fraction of sp³-hybridized carbons (Fsp3) is 0.333. The summed E-state index contributed by atoms with van der Waals surface area (Å²) in [6, 6.07) is 6.77. The van der Waals surface area contributed by atoms with Crippen molar-refractivity contribution in [3.63, 3.8) is 0 Å². The third-order valence-electron chi connectivity index (χ3n) is 6.22. The van der Waals surface area contributed by atoms with Crippen LogP contribution in [-0.2, 0) is 11.8 Å². The molecular weight excluding hydrogens is 390 g/mol. The Labute approximate surface area is 193 Å². The summed E-state index contributed by atoms with van der Waals surface area (Å²) in [5.74, 6) is 0. The average Bonchev–Trinajstić information content (AvgIpc) is 3.02. The van der Waals surface area contributed by atoms with Crippen LogP contribution in [0.15, 0.2) is 74.4 Å². The van der Waals surface area contributed by atoms with E-state index < -0.39 is 0 Å². The van der Waals surface area contributed by atoms with Crippen LogP contribution in [0.5, 0.6) is 0 Å². The van der Waals surface area contributed by atoms with E-state index in [1.807, 2.05) is 19.1 Å². The van der Waals surface area contributed by atoms with Crippen LogP contribution in [-0.4, -0.2) is 16.3 Å². The number of hydrogen-bond acceptors (Lipinski definition) is 1. The molecule has 1 saturated carbocycles. The Kier molecular flexibility index (Phi) is 7.93. The van der Waals surface area contributed by atoms with Gasteiger partial charge in [0.05, 0.1) is 11.7 Å². The Morgan fingerprint density at radius 2 is 1.97 bits per heavy atom. The summed E-state index contributed by atoms with van der Waals surface area (Å²) in [5.41, 5.74) is 3.59. The summed E-state index contributed by atoms with van der Waals surface area (Å²) in [6.07, 6.45) is 22.6. The first-order valence-electron chi connectivity index (χ1n) is 11.6. The molecule has 2 nitrogen and oxygen atoms in total. The molecule has 1 heterocycles. The van der Waals surface area contributed by atoms with Gasteiger partial charge in [-0.15, -0.1) is 13.2 Å². The second-order valence-electron chi connectivity index (χ2n) is 8.81. The second kappa shape index (κ2) is 10.7. The fourth-order valence-corrected chi connectivity index (χ4v) is 4.28. The number of hydrogen-bond donors (Lipinski definition) is 0. The third-order valence-corrected chi connectivity index (χ3v) is 6.22. The molecule has 168 valence electrons. The molecule has 1 unspecified atom stereocenters. The van der Waals surface area contributed by atoms with E-state index in [4.69, 9.17) is 4.74 Å². The van der Waals surface area contributed by atoms with Gasteiger partial charge in [-0.2, -0.15) is 0 Å². The molecule has 1 aromatic carbocycles. The lowest BCUT2D eigenvalue weighted by molar-refractivity contribution is -0.0841. The van der Waals surface area contributed by atoms with E-state index in [0.717, 1.165) is 12.8 Å². The van der Waals surface area contributed by atoms with Gasteiger partial charge in [-0.05, 0) is 69.2 Å². The highest BCUT2D eigenvalue weighted by atomic mass is 16.5. The van der Waals surface area contributed by atoms with Crippen LogP contribution in [0.1, 0.15) is 51.5 Å². The highest BCUT2D eigenvalue weighted by molar-refractivity contribution is 5.88. The normalized spacial score (nSPS) is 21.5. The predicted molar refractivity (Wildman–Crippen MR) is 141 cm³/mol. The Morgan fingerprint density at radius 1 is 1.22 bits per heavy atom. The molecule has 0 radical (unpaired) electrons. The smallest absolute Gasteiger partial charge is 0.0876 e. The molecule has 4 rings (SSSR count). The number of fused-ring (bicyclic) bond motifs is 1. The maximum Gasteiger partial charge on any atom is 0.0876 e. The third kappa shape index (κ3) is 5.14. The molecule has 0 bridgehead atoms. The van der Waals surface area contributed by atoms with Crippen LogP contribution in [0.2, 0.25) is 0 Å². The van der Waals surface area contributed by atoms with Crippen LogP contribution in [0.3, 0.4) is 0 Å². The van der Waals surface area contributed by atoms with Gasteiger partial charge in [-0.25, -0.2) is 0 Å². The molecule has 2 aliphatic carbocycles. The topological polar surface area (TPSA) is 14.2 Å². The van der Waals surface area contributed by atoms with Crippen LogP contribution in [0.4, 0.5) is 0 Å². The van der Waals surface area contributed by atoms with Crippen molar-refractivity contribution in [2.24, 2.45) is 7.05 Å². The lowest BCUT2D eigenvalue weighted by atomic mass is 9.88. The van der Waals surface area contributed by atoms with Crippen LogP contribution >= 0.6 is 0 Å². The molecule has 1 aromatic heterocycles. The van der Waals surface area contributed by atoms with Crippen molar-refractivity contribution >= 4 is 28.6 Å². The first-order valence-corrected chi connectivity index (χ1v) is 11.6. The van der Waals surface area contributed by atoms with Gasteiger partial charge in [0.2, 0.25) is 0 Å². The minimum absolute atomic E-state index is 0.164. The molecule has 0 aliphatic heterocycles. The number of benzene rings is 1. The van der Waals surface area contributed by atoms with E-state index in [1.165, 1.54) is 51.9 Å². The Balaban J connectivity index is 0.000000913. The van der Waals surface area contributed by atoms with E-state index in [2.05, 4.69) is 86.9 Å². The van der Waals surface area contributed by atoms with Gasteiger partial charge < -0.3 is 9.30 Å². The number of allylic oxidation sites excluding steroid dienone is 5. The Hall–Kier alpha value is -2.84. The maximum absolute atomic E-state index is 6.31. The predicted octanol–water partition coefficient (Wildman–Crippen LogP) is 6.36. The number of aryl methyl sites for hydroxylation is 1. The Bertz CT molecular complexity index is 1170. The van der Waals surface area contributed by atoms with Crippen molar-refractivity contribution < 1.29 is 4.74 Å². The summed E-state index contributed by atoms with van der Waals surface area (Å²) in [5, 5.41) is 3.71. The van der Waals surface area contributed by atoms with Gasteiger partial charge in [0, 0.05) is 28.5 Å². The number of nitrogens with zero attached hydrogens (tertiary/aromatic N) is 1. The lowest BCUT2D eigenvalue weighted by Gasteiger charge is -2.37. The number of ether oxygens (including phenoxy) is 1. The van der Waals surface area contributed by atoms with E-state index >= 15 is 0 Å². The summed E-state index contributed by atoms with van der Waals surface area (Å²) in [7, 11) is 2.13. The van der Waals surface area contributed by atoms with Crippen molar-refractivity contribution in [2.75, 3.05) is 0 Å². The zero-order valence-electron chi connectivity index (χ0n) is 19.9. The van der Waals surface area contributed by atoms with E-state index in [9.17, 15) is 0 Å². The van der Waals surface area contributed by atoms with Gasteiger partial charge in [0.1, 0.15) is 0 Å². The van der Waals surface area contributed by atoms with Crippen molar-refractivity contribution in [3.8, 4) is 0 Å². The van der Waals surface area contributed by atoms with Crippen molar-refractivity contribution in [1.29, 1.82) is 0 Å². The Morgan fingerprint density at radius 3 is 2.53 bits per heavy atom. The molecule has 0 saturated heterocycles.